The number of nitrogens with zero attached hydrogens (tertiary/aromatic N) is 1. The average molecular weight is 208 g/mol. The van der Waals surface area contributed by atoms with Crippen molar-refractivity contribution in [1.29, 1.82) is 0 Å². The molecule has 0 atom stereocenters. The third-order valence-corrected chi connectivity index (χ3v) is 3.01. The molecule has 2 rings (SSSR count). The molecule has 0 amide bonds. The van der Waals surface area contributed by atoms with E-state index in [0.29, 0.717) is 0 Å². The molecule has 1 aromatic heterocycles. The van der Waals surface area contributed by atoms with E-state index in [2.05, 4.69) is 23.3 Å². The van der Waals surface area contributed by atoms with Crippen molar-refractivity contribution < 1.29 is 4.42 Å². The van der Waals surface area contributed by atoms with Crippen LogP contribution in [-0.2, 0) is 13.1 Å². The van der Waals surface area contributed by atoms with Gasteiger partial charge in [-0.25, -0.2) is 0 Å². The number of nitrogens with one attached hydrogen (secondary N) is 1. The Balaban J connectivity index is 1.98. The van der Waals surface area contributed by atoms with E-state index in [1.807, 2.05) is 14.0 Å². The van der Waals surface area contributed by atoms with Gasteiger partial charge in [0.15, 0.2) is 0 Å². The third kappa shape index (κ3) is 2.61. The van der Waals surface area contributed by atoms with Crippen molar-refractivity contribution in [2.24, 2.45) is 0 Å². The highest BCUT2D eigenvalue weighted by molar-refractivity contribution is 5.20. The van der Waals surface area contributed by atoms with Crippen molar-refractivity contribution in [3.63, 3.8) is 0 Å². The summed E-state index contributed by atoms with van der Waals surface area (Å²) in [5.74, 6) is 2.13. The van der Waals surface area contributed by atoms with Crippen LogP contribution in [0.1, 0.15) is 29.9 Å². The minimum absolute atomic E-state index is 0.795. The number of hydrogen-bond donors (Lipinski definition) is 1. The molecule has 1 aliphatic rings. The van der Waals surface area contributed by atoms with Gasteiger partial charge in [-0.05, 0) is 39.9 Å². The second kappa shape index (κ2) is 4.37. The molecule has 0 spiro atoms. The molecule has 1 N–H and O–H groups in total. The fourth-order valence-electron chi connectivity index (χ4n) is 1.92. The van der Waals surface area contributed by atoms with Gasteiger partial charge in [0, 0.05) is 18.2 Å². The summed E-state index contributed by atoms with van der Waals surface area (Å²) in [6.45, 7) is 3.87. The zero-order valence-electron chi connectivity index (χ0n) is 9.84. The Hall–Kier alpha value is -0.800. The fraction of sp³-hybridized carbons (Fsp3) is 0.667. The molecule has 1 heterocycles. The van der Waals surface area contributed by atoms with Crippen LogP contribution in [0.2, 0.25) is 0 Å². The molecule has 0 aliphatic heterocycles. The monoisotopic (exact) mass is 208 g/mol. The molecular weight excluding hydrogens is 188 g/mol. The minimum Gasteiger partial charge on any atom is -0.465 e. The van der Waals surface area contributed by atoms with Gasteiger partial charge in [-0.2, -0.15) is 0 Å². The predicted octanol–water partition coefficient (Wildman–Crippen LogP) is 1.90. The van der Waals surface area contributed by atoms with Crippen molar-refractivity contribution in [3.05, 3.63) is 23.2 Å². The molecule has 1 aliphatic carbocycles. The molecule has 1 saturated carbocycles. The number of aryl methyl sites for hydroxylation is 1. The first kappa shape index (κ1) is 10.7. The van der Waals surface area contributed by atoms with E-state index in [0.717, 1.165) is 30.7 Å². The van der Waals surface area contributed by atoms with Crippen LogP contribution in [0.4, 0.5) is 0 Å². The summed E-state index contributed by atoms with van der Waals surface area (Å²) in [6, 6.07) is 2.97. The molecule has 0 aromatic carbocycles. The largest absolute Gasteiger partial charge is 0.465 e. The summed E-state index contributed by atoms with van der Waals surface area (Å²) in [6.07, 6.45) is 2.69. The summed E-state index contributed by atoms with van der Waals surface area (Å²) in [7, 11) is 4.13. The van der Waals surface area contributed by atoms with Crippen LogP contribution >= 0.6 is 0 Å². The normalized spacial score (nSPS) is 16.3. The maximum Gasteiger partial charge on any atom is 0.118 e. The number of hydrogen-bond acceptors (Lipinski definition) is 3. The molecule has 1 aromatic rings. The Morgan fingerprint density at radius 1 is 1.53 bits per heavy atom. The molecule has 0 unspecified atom stereocenters. The Morgan fingerprint density at radius 2 is 2.27 bits per heavy atom. The topological polar surface area (TPSA) is 28.4 Å². The average Bonchev–Trinajstić information content (AvgIpc) is 2.95. The summed E-state index contributed by atoms with van der Waals surface area (Å²) < 4.78 is 5.73. The van der Waals surface area contributed by atoms with Gasteiger partial charge in [0.1, 0.15) is 11.5 Å². The van der Waals surface area contributed by atoms with Gasteiger partial charge in [-0.1, -0.05) is 0 Å². The first-order chi connectivity index (χ1) is 7.20. The van der Waals surface area contributed by atoms with Crippen LogP contribution in [0.5, 0.6) is 0 Å². The number of rotatable bonds is 5. The van der Waals surface area contributed by atoms with E-state index < -0.39 is 0 Å². The van der Waals surface area contributed by atoms with E-state index in [1.54, 1.807) is 0 Å². The first-order valence-electron chi connectivity index (χ1n) is 5.63. The smallest absolute Gasteiger partial charge is 0.118 e. The fourth-order valence-corrected chi connectivity index (χ4v) is 1.92. The molecule has 0 radical (unpaired) electrons. The maximum atomic E-state index is 5.73. The van der Waals surface area contributed by atoms with Crippen molar-refractivity contribution in [3.8, 4) is 0 Å². The van der Waals surface area contributed by atoms with E-state index >= 15 is 0 Å². The Labute approximate surface area is 91.4 Å². The van der Waals surface area contributed by atoms with Crippen LogP contribution in [0.25, 0.3) is 0 Å². The van der Waals surface area contributed by atoms with E-state index in [1.165, 1.54) is 18.4 Å². The van der Waals surface area contributed by atoms with E-state index in [9.17, 15) is 0 Å². The first-order valence-corrected chi connectivity index (χ1v) is 5.63. The SMILES string of the molecule is CNCc1cc(CN(C)C2CC2)oc1C. The molecule has 0 bridgehead atoms. The Morgan fingerprint density at radius 3 is 2.87 bits per heavy atom. The summed E-state index contributed by atoms with van der Waals surface area (Å²) in [4.78, 5) is 2.38. The molecule has 3 nitrogen and oxygen atoms in total. The van der Waals surface area contributed by atoms with Gasteiger partial charge < -0.3 is 9.73 Å². The molecule has 15 heavy (non-hydrogen) atoms. The lowest BCUT2D eigenvalue weighted by molar-refractivity contribution is 0.283. The maximum absolute atomic E-state index is 5.73. The summed E-state index contributed by atoms with van der Waals surface area (Å²) >= 11 is 0. The molecule has 1 fully saturated rings. The highest BCUT2D eigenvalue weighted by atomic mass is 16.3. The molecule has 3 heteroatoms. The van der Waals surface area contributed by atoms with Crippen LogP contribution in [0, 0.1) is 6.92 Å². The van der Waals surface area contributed by atoms with Crippen molar-refractivity contribution >= 4 is 0 Å². The van der Waals surface area contributed by atoms with Crippen molar-refractivity contribution in [1.82, 2.24) is 10.2 Å². The molecular formula is C12H20N2O. The third-order valence-electron chi connectivity index (χ3n) is 3.01. The quantitative estimate of drug-likeness (QED) is 0.801. The van der Waals surface area contributed by atoms with Crippen molar-refractivity contribution in [2.75, 3.05) is 14.1 Å². The lowest BCUT2D eigenvalue weighted by atomic mass is 10.2. The van der Waals surface area contributed by atoms with Crippen molar-refractivity contribution in [2.45, 2.75) is 38.9 Å². The van der Waals surface area contributed by atoms with Gasteiger partial charge in [0.05, 0.1) is 6.54 Å². The van der Waals surface area contributed by atoms with Crippen LogP contribution < -0.4 is 5.32 Å². The zero-order valence-corrected chi connectivity index (χ0v) is 9.84. The van der Waals surface area contributed by atoms with Crippen LogP contribution in [0.3, 0.4) is 0 Å². The van der Waals surface area contributed by atoms with Gasteiger partial charge in [0.2, 0.25) is 0 Å². The second-order valence-electron chi connectivity index (χ2n) is 4.47. The lowest BCUT2D eigenvalue weighted by Gasteiger charge is -2.12. The standard InChI is InChI=1S/C12H20N2O/c1-9-10(7-13-2)6-12(15-9)8-14(3)11-4-5-11/h6,11,13H,4-5,7-8H2,1-3H3. The van der Waals surface area contributed by atoms with E-state index in [-0.39, 0.29) is 0 Å². The van der Waals surface area contributed by atoms with Crippen LogP contribution in [-0.4, -0.2) is 25.0 Å². The zero-order chi connectivity index (χ0) is 10.8. The highest BCUT2D eigenvalue weighted by Crippen LogP contribution is 2.27. The minimum atomic E-state index is 0.795. The van der Waals surface area contributed by atoms with Gasteiger partial charge >= 0.3 is 0 Å². The lowest BCUT2D eigenvalue weighted by Crippen LogP contribution is -2.19. The second-order valence-corrected chi connectivity index (χ2v) is 4.47. The highest BCUT2D eigenvalue weighted by Gasteiger charge is 2.26. The predicted molar refractivity (Wildman–Crippen MR) is 60.7 cm³/mol. The van der Waals surface area contributed by atoms with Gasteiger partial charge in [0.25, 0.3) is 0 Å². The number of furan rings is 1. The summed E-state index contributed by atoms with van der Waals surface area (Å²) in [5.41, 5.74) is 1.27. The molecule has 0 saturated heterocycles. The van der Waals surface area contributed by atoms with Gasteiger partial charge in [-0.3, -0.25) is 4.90 Å². The Bertz CT molecular complexity index is 328. The summed E-state index contributed by atoms with van der Waals surface area (Å²) in [5, 5.41) is 3.15. The Kier molecular flexibility index (Phi) is 3.12. The van der Waals surface area contributed by atoms with E-state index in [4.69, 9.17) is 4.42 Å². The van der Waals surface area contributed by atoms with Gasteiger partial charge in [-0.15, -0.1) is 0 Å². The molecule has 84 valence electrons. The van der Waals surface area contributed by atoms with Crippen LogP contribution in [0.15, 0.2) is 10.5 Å².